The lowest BCUT2D eigenvalue weighted by molar-refractivity contribution is -0.130. The first-order valence-electron chi connectivity index (χ1n) is 8.76. The Morgan fingerprint density at radius 1 is 1.28 bits per heavy atom. The van der Waals surface area contributed by atoms with Gasteiger partial charge in [-0.05, 0) is 42.9 Å². The fraction of sp³-hybridized carbons (Fsp3) is 0.556. The Kier molecular flexibility index (Phi) is 4.32. The lowest BCUT2D eigenvalue weighted by atomic mass is 9.92. The minimum atomic E-state index is -0.0817. The van der Waals surface area contributed by atoms with Crippen LogP contribution in [-0.4, -0.2) is 47.9 Å². The number of hydrogen-bond donors (Lipinski definition) is 1. The van der Waals surface area contributed by atoms with Crippen LogP contribution in [0.2, 0.25) is 10.0 Å². The van der Waals surface area contributed by atoms with Crippen LogP contribution in [0.25, 0.3) is 0 Å². The van der Waals surface area contributed by atoms with Gasteiger partial charge in [0.15, 0.2) is 0 Å². The molecule has 1 N–H and O–H groups in total. The molecule has 3 amide bonds. The van der Waals surface area contributed by atoms with E-state index >= 15 is 0 Å². The van der Waals surface area contributed by atoms with Crippen LogP contribution in [0.4, 0.5) is 4.79 Å². The van der Waals surface area contributed by atoms with Crippen molar-refractivity contribution in [2.45, 2.75) is 37.8 Å². The van der Waals surface area contributed by atoms with Crippen LogP contribution >= 0.6 is 23.2 Å². The van der Waals surface area contributed by atoms with Crippen molar-refractivity contribution in [3.63, 3.8) is 0 Å². The molecule has 1 unspecified atom stereocenters. The molecule has 25 heavy (non-hydrogen) atoms. The number of likely N-dealkylation sites (tertiary alicyclic amines) is 2. The van der Waals surface area contributed by atoms with E-state index in [9.17, 15) is 9.59 Å². The number of benzene rings is 1. The van der Waals surface area contributed by atoms with Crippen molar-refractivity contribution < 1.29 is 9.59 Å². The number of urea groups is 1. The molecule has 4 rings (SSSR count). The van der Waals surface area contributed by atoms with Gasteiger partial charge in [0.25, 0.3) is 0 Å². The van der Waals surface area contributed by atoms with Gasteiger partial charge in [-0.3, -0.25) is 4.79 Å². The van der Waals surface area contributed by atoms with Crippen molar-refractivity contribution in [3.8, 4) is 0 Å². The Morgan fingerprint density at radius 2 is 2.08 bits per heavy atom. The van der Waals surface area contributed by atoms with Gasteiger partial charge >= 0.3 is 6.03 Å². The van der Waals surface area contributed by atoms with Crippen LogP contribution in [-0.2, 0) is 11.2 Å². The summed E-state index contributed by atoms with van der Waals surface area (Å²) in [5, 5.41) is 4.30. The highest BCUT2D eigenvalue weighted by Crippen LogP contribution is 2.39. The van der Waals surface area contributed by atoms with Gasteiger partial charge in [-0.15, -0.1) is 0 Å². The largest absolute Gasteiger partial charge is 0.343 e. The summed E-state index contributed by atoms with van der Waals surface area (Å²) in [6.45, 7) is 1.33. The zero-order valence-corrected chi connectivity index (χ0v) is 15.6. The van der Waals surface area contributed by atoms with Crippen LogP contribution in [0.5, 0.6) is 0 Å². The van der Waals surface area contributed by atoms with E-state index in [1.165, 1.54) is 0 Å². The first kappa shape index (κ1) is 17.0. The first-order chi connectivity index (χ1) is 12.0. The van der Waals surface area contributed by atoms with E-state index < -0.39 is 0 Å². The summed E-state index contributed by atoms with van der Waals surface area (Å²) >= 11 is 12.4. The zero-order valence-electron chi connectivity index (χ0n) is 14.1. The monoisotopic (exact) mass is 381 g/mol. The zero-order chi connectivity index (χ0) is 17.7. The Morgan fingerprint density at radius 3 is 2.88 bits per heavy atom. The number of nitrogens with one attached hydrogen (secondary N) is 1. The molecule has 1 aliphatic carbocycles. The van der Waals surface area contributed by atoms with Crippen molar-refractivity contribution in [3.05, 3.63) is 33.3 Å². The number of hydrogen-bond acceptors (Lipinski definition) is 2. The predicted octanol–water partition coefficient (Wildman–Crippen LogP) is 3.24. The lowest BCUT2D eigenvalue weighted by Crippen LogP contribution is -2.52. The second-order valence-electron chi connectivity index (χ2n) is 7.20. The molecule has 0 bridgehead atoms. The number of carbonyl (C=O) groups excluding carboxylic acids is 2. The van der Waals surface area contributed by atoms with Gasteiger partial charge in [-0.1, -0.05) is 29.3 Å². The van der Waals surface area contributed by atoms with Crippen LogP contribution in [0.15, 0.2) is 12.1 Å². The van der Waals surface area contributed by atoms with Gasteiger partial charge in [-0.2, -0.15) is 0 Å². The molecular weight excluding hydrogens is 361 g/mol. The van der Waals surface area contributed by atoms with E-state index in [4.69, 9.17) is 23.2 Å². The third kappa shape index (κ3) is 2.77. The van der Waals surface area contributed by atoms with Crippen LogP contribution in [0, 0.1) is 5.92 Å². The average molecular weight is 382 g/mol. The molecule has 7 heteroatoms. The Bertz CT molecular complexity index is 739. The smallest absolute Gasteiger partial charge is 0.318 e. The number of halogens is 2. The second-order valence-corrected chi connectivity index (χ2v) is 7.98. The molecule has 1 aromatic rings. The molecular formula is C18H21Cl2N3O2. The molecule has 2 heterocycles. The number of amides is 3. The van der Waals surface area contributed by atoms with Crippen molar-refractivity contribution in [2.24, 2.45) is 5.92 Å². The molecule has 1 aromatic carbocycles. The molecule has 2 aliphatic heterocycles. The predicted molar refractivity (Wildman–Crippen MR) is 96.9 cm³/mol. The summed E-state index contributed by atoms with van der Waals surface area (Å²) in [7, 11) is 1.82. The number of rotatable bonds is 1. The highest BCUT2D eigenvalue weighted by molar-refractivity contribution is 6.42. The summed E-state index contributed by atoms with van der Waals surface area (Å²) in [6.07, 6.45) is 3.38. The molecule has 0 radical (unpaired) electrons. The van der Waals surface area contributed by atoms with Gasteiger partial charge in [-0.25, -0.2) is 4.79 Å². The van der Waals surface area contributed by atoms with Gasteiger partial charge < -0.3 is 15.1 Å². The molecule has 134 valence electrons. The van der Waals surface area contributed by atoms with Crippen molar-refractivity contribution >= 4 is 35.1 Å². The van der Waals surface area contributed by atoms with Gasteiger partial charge in [0.2, 0.25) is 5.91 Å². The van der Waals surface area contributed by atoms with Crippen molar-refractivity contribution in [1.82, 2.24) is 15.1 Å². The minimum Gasteiger partial charge on any atom is -0.343 e. The van der Waals surface area contributed by atoms with Crippen molar-refractivity contribution in [1.29, 1.82) is 0 Å². The summed E-state index contributed by atoms with van der Waals surface area (Å²) < 4.78 is 0. The van der Waals surface area contributed by atoms with Crippen LogP contribution < -0.4 is 5.32 Å². The van der Waals surface area contributed by atoms with E-state index in [0.717, 1.165) is 36.8 Å². The molecule has 3 atom stereocenters. The number of piperidine rings is 1. The Balaban J connectivity index is 1.50. The summed E-state index contributed by atoms with van der Waals surface area (Å²) in [4.78, 5) is 28.7. The van der Waals surface area contributed by atoms with Gasteiger partial charge in [0.05, 0.1) is 28.0 Å². The number of fused-ring (bicyclic) bond motifs is 2. The third-order valence-corrected chi connectivity index (χ3v) is 6.63. The fourth-order valence-electron chi connectivity index (χ4n) is 4.49. The highest BCUT2D eigenvalue weighted by atomic mass is 35.5. The molecule has 0 aromatic heterocycles. The van der Waals surface area contributed by atoms with Crippen molar-refractivity contribution in [2.75, 3.05) is 20.1 Å². The summed E-state index contributed by atoms with van der Waals surface area (Å²) in [6, 6.07) is 3.59. The van der Waals surface area contributed by atoms with E-state index in [0.29, 0.717) is 23.1 Å². The van der Waals surface area contributed by atoms with Gasteiger partial charge in [0, 0.05) is 20.1 Å². The quantitative estimate of drug-likeness (QED) is 0.811. The SMILES string of the molecule is CN1C[C@@H]2[C@@H](CCCN2C(=O)NC2CCc3c2ccc(Cl)c3Cl)C1=O. The molecule has 2 saturated heterocycles. The first-order valence-corrected chi connectivity index (χ1v) is 9.52. The van der Waals surface area contributed by atoms with E-state index in [1.807, 2.05) is 18.0 Å². The van der Waals surface area contributed by atoms with E-state index in [1.54, 1.807) is 11.0 Å². The van der Waals surface area contributed by atoms with Crippen LogP contribution in [0.1, 0.15) is 36.4 Å². The molecule has 5 nitrogen and oxygen atoms in total. The topological polar surface area (TPSA) is 52.6 Å². The fourth-order valence-corrected chi connectivity index (χ4v) is 4.93. The Labute approximate surface area is 157 Å². The van der Waals surface area contributed by atoms with Gasteiger partial charge in [0.1, 0.15) is 0 Å². The standard InChI is InChI=1S/C18H21Cl2N3O2/c1-22-9-15-12(17(22)24)3-2-8-23(15)18(25)21-14-7-5-11-10(14)4-6-13(19)16(11)20/h4,6,12,14-15H,2-3,5,7-9H2,1H3,(H,21,25)/t12-,14?,15-/m1/s1. The van der Waals surface area contributed by atoms with Crippen LogP contribution in [0.3, 0.4) is 0 Å². The molecule has 2 fully saturated rings. The molecule has 0 saturated carbocycles. The number of carbonyl (C=O) groups is 2. The lowest BCUT2D eigenvalue weighted by Gasteiger charge is -2.36. The maximum atomic E-state index is 12.9. The number of likely N-dealkylation sites (N-methyl/N-ethyl adjacent to an activating group) is 1. The maximum absolute atomic E-state index is 12.9. The second kappa shape index (κ2) is 6.36. The Hall–Kier alpha value is -1.46. The minimum absolute atomic E-state index is 0.0130. The third-order valence-electron chi connectivity index (χ3n) is 5.78. The summed E-state index contributed by atoms with van der Waals surface area (Å²) in [5.41, 5.74) is 2.09. The normalized spacial score (nSPS) is 28.1. The highest BCUT2D eigenvalue weighted by Gasteiger charge is 2.45. The van der Waals surface area contributed by atoms with E-state index in [2.05, 4.69) is 5.32 Å². The number of nitrogens with zero attached hydrogens (tertiary/aromatic N) is 2. The maximum Gasteiger partial charge on any atom is 0.318 e. The summed E-state index contributed by atoms with van der Waals surface area (Å²) in [5.74, 6) is 0.115. The average Bonchev–Trinajstić information content (AvgIpc) is 3.13. The molecule has 0 spiro atoms. The van der Waals surface area contributed by atoms with E-state index in [-0.39, 0.29) is 29.9 Å². The molecule has 3 aliphatic rings.